The van der Waals surface area contributed by atoms with Crippen LogP contribution in [0.15, 0.2) is 42.5 Å². The molecule has 0 aliphatic heterocycles. The lowest BCUT2D eigenvalue weighted by molar-refractivity contribution is 0.306. The molecule has 0 atom stereocenters. The molecule has 100 valence electrons. The molecule has 3 heteroatoms. The van der Waals surface area contributed by atoms with Gasteiger partial charge in [0, 0.05) is 0 Å². The first kappa shape index (κ1) is 13.8. The zero-order chi connectivity index (χ0) is 13.8. The number of benzene rings is 2. The SMILES string of the molecule is CC(C)c1cccc(OCc2ccc(Cl)c(N)c2)c1. The van der Waals surface area contributed by atoms with E-state index in [0.29, 0.717) is 23.2 Å². The topological polar surface area (TPSA) is 35.2 Å². The fraction of sp³-hybridized carbons (Fsp3) is 0.250. The Morgan fingerprint density at radius 1 is 1.16 bits per heavy atom. The van der Waals surface area contributed by atoms with Gasteiger partial charge in [-0.3, -0.25) is 0 Å². The van der Waals surface area contributed by atoms with Gasteiger partial charge < -0.3 is 10.5 Å². The zero-order valence-electron chi connectivity index (χ0n) is 11.2. The van der Waals surface area contributed by atoms with Crippen molar-refractivity contribution in [3.63, 3.8) is 0 Å². The Morgan fingerprint density at radius 3 is 2.63 bits per heavy atom. The van der Waals surface area contributed by atoms with Gasteiger partial charge >= 0.3 is 0 Å². The Hall–Kier alpha value is -1.67. The number of ether oxygens (including phenoxy) is 1. The average Bonchev–Trinajstić information content (AvgIpc) is 2.40. The molecule has 0 radical (unpaired) electrons. The van der Waals surface area contributed by atoms with Crippen molar-refractivity contribution in [3.05, 3.63) is 58.6 Å². The number of nitrogen functional groups attached to an aromatic ring is 1. The van der Waals surface area contributed by atoms with Crippen LogP contribution in [0.4, 0.5) is 5.69 Å². The van der Waals surface area contributed by atoms with Gasteiger partial charge in [0.25, 0.3) is 0 Å². The maximum absolute atomic E-state index is 5.89. The first-order chi connectivity index (χ1) is 9.06. The highest BCUT2D eigenvalue weighted by molar-refractivity contribution is 6.33. The predicted octanol–water partition coefficient (Wildman–Crippen LogP) is 4.62. The number of hydrogen-bond acceptors (Lipinski definition) is 2. The second kappa shape index (κ2) is 5.98. The largest absolute Gasteiger partial charge is 0.489 e. The molecule has 0 saturated heterocycles. The van der Waals surface area contributed by atoms with Crippen molar-refractivity contribution in [2.75, 3.05) is 5.73 Å². The van der Waals surface area contributed by atoms with Gasteiger partial charge in [-0.2, -0.15) is 0 Å². The lowest BCUT2D eigenvalue weighted by Crippen LogP contribution is -1.98. The molecule has 0 bridgehead atoms. The van der Waals surface area contributed by atoms with E-state index >= 15 is 0 Å². The summed E-state index contributed by atoms with van der Waals surface area (Å²) in [5.41, 5.74) is 8.63. The molecular weight excluding hydrogens is 258 g/mol. The summed E-state index contributed by atoms with van der Waals surface area (Å²) in [5, 5.41) is 0.575. The van der Waals surface area contributed by atoms with Gasteiger partial charge in [-0.1, -0.05) is 43.6 Å². The summed E-state index contributed by atoms with van der Waals surface area (Å²) in [6.45, 7) is 4.82. The Labute approximate surface area is 119 Å². The molecule has 0 aliphatic carbocycles. The van der Waals surface area contributed by atoms with Crippen LogP contribution in [0.3, 0.4) is 0 Å². The van der Waals surface area contributed by atoms with Crippen molar-refractivity contribution in [1.29, 1.82) is 0 Å². The zero-order valence-corrected chi connectivity index (χ0v) is 11.9. The fourth-order valence-corrected chi connectivity index (χ4v) is 1.93. The number of hydrogen-bond donors (Lipinski definition) is 1. The van der Waals surface area contributed by atoms with E-state index in [-0.39, 0.29) is 0 Å². The van der Waals surface area contributed by atoms with Gasteiger partial charge in [0.2, 0.25) is 0 Å². The van der Waals surface area contributed by atoms with Crippen molar-refractivity contribution >= 4 is 17.3 Å². The molecular formula is C16H18ClNO. The van der Waals surface area contributed by atoms with E-state index in [1.165, 1.54) is 5.56 Å². The summed E-state index contributed by atoms with van der Waals surface area (Å²) in [4.78, 5) is 0. The molecule has 0 fully saturated rings. The minimum Gasteiger partial charge on any atom is -0.489 e. The van der Waals surface area contributed by atoms with E-state index in [0.717, 1.165) is 11.3 Å². The van der Waals surface area contributed by atoms with Crippen LogP contribution in [0.5, 0.6) is 5.75 Å². The van der Waals surface area contributed by atoms with E-state index < -0.39 is 0 Å². The van der Waals surface area contributed by atoms with Crippen LogP contribution < -0.4 is 10.5 Å². The summed E-state index contributed by atoms with van der Waals surface area (Å²) < 4.78 is 5.78. The van der Waals surface area contributed by atoms with Crippen LogP contribution in [0, 0.1) is 0 Å². The Balaban J connectivity index is 2.05. The quantitative estimate of drug-likeness (QED) is 0.826. The minimum atomic E-state index is 0.489. The molecule has 0 aromatic heterocycles. The van der Waals surface area contributed by atoms with Crippen molar-refractivity contribution < 1.29 is 4.74 Å². The van der Waals surface area contributed by atoms with E-state index in [1.807, 2.05) is 24.3 Å². The van der Waals surface area contributed by atoms with Crippen molar-refractivity contribution in [3.8, 4) is 5.75 Å². The molecule has 2 N–H and O–H groups in total. The highest BCUT2D eigenvalue weighted by atomic mass is 35.5. The first-order valence-corrected chi connectivity index (χ1v) is 6.70. The predicted molar refractivity (Wildman–Crippen MR) is 80.7 cm³/mol. The van der Waals surface area contributed by atoms with Crippen molar-refractivity contribution in [1.82, 2.24) is 0 Å². The van der Waals surface area contributed by atoms with E-state index in [4.69, 9.17) is 22.1 Å². The Kier molecular flexibility index (Phi) is 4.33. The second-order valence-electron chi connectivity index (χ2n) is 4.87. The van der Waals surface area contributed by atoms with Gasteiger partial charge in [0.05, 0.1) is 10.7 Å². The minimum absolute atomic E-state index is 0.489. The monoisotopic (exact) mass is 275 g/mol. The third-order valence-corrected chi connectivity index (χ3v) is 3.33. The smallest absolute Gasteiger partial charge is 0.120 e. The number of nitrogens with two attached hydrogens (primary N) is 1. The lowest BCUT2D eigenvalue weighted by atomic mass is 10.0. The van der Waals surface area contributed by atoms with Crippen LogP contribution in [0.1, 0.15) is 30.9 Å². The number of rotatable bonds is 4. The van der Waals surface area contributed by atoms with Crippen LogP contribution in [0.2, 0.25) is 5.02 Å². The molecule has 0 unspecified atom stereocenters. The third kappa shape index (κ3) is 3.65. The molecule has 19 heavy (non-hydrogen) atoms. The first-order valence-electron chi connectivity index (χ1n) is 6.33. The van der Waals surface area contributed by atoms with Crippen molar-refractivity contribution in [2.24, 2.45) is 0 Å². The van der Waals surface area contributed by atoms with Crippen LogP contribution in [0.25, 0.3) is 0 Å². The molecule has 2 nitrogen and oxygen atoms in total. The Bertz CT molecular complexity index is 566. The van der Waals surface area contributed by atoms with Crippen LogP contribution in [-0.4, -0.2) is 0 Å². The fourth-order valence-electron chi connectivity index (χ4n) is 1.81. The summed E-state index contributed by atoms with van der Waals surface area (Å²) in [5.74, 6) is 1.37. The normalized spacial score (nSPS) is 10.7. The number of halogens is 1. The second-order valence-corrected chi connectivity index (χ2v) is 5.28. The third-order valence-electron chi connectivity index (χ3n) is 2.99. The molecule has 0 spiro atoms. The molecule has 2 rings (SSSR count). The van der Waals surface area contributed by atoms with Crippen LogP contribution in [-0.2, 0) is 6.61 Å². The molecule has 0 saturated carbocycles. The molecule has 0 heterocycles. The molecule has 2 aromatic rings. The van der Waals surface area contributed by atoms with Crippen molar-refractivity contribution in [2.45, 2.75) is 26.4 Å². The average molecular weight is 276 g/mol. The highest BCUT2D eigenvalue weighted by Crippen LogP contribution is 2.23. The molecule has 2 aromatic carbocycles. The van der Waals surface area contributed by atoms with Gasteiger partial charge in [-0.25, -0.2) is 0 Å². The Morgan fingerprint density at radius 2 is 1.95 bits per heavy atom. The van der Waals surface area contributed by atoms with Gasteiger partial charge in [0.15, 0.2) is 0 Å². The van der Waals surface area contributed by atoms with Gasteiger partial charge in [0.1, 0.15) is 12.4 Å². The summed E-state index contributed by atoms with van der Waals surface area (Å²) in [7, 11) is 0. The standard InChI is InChI=1S/C16H18ClNO/c1-11(2)13-4-3-5-14(9-13)19-10-12-6-7-15(17)16(18)8-12/h3-9,11H,10,18H2,1-2H3. The van der Waals surface area contributed by atoms with E-state index in [9.17, 15) is 0 Å². The highest BCUT2D eigenvalue weighted by Gasteiger charge is 2.03. The van der Waals surface area contributed by atoms with E-state index in [2.05, 4.69) is 26.0 Å². The summed E-state index contributed by atoms with van der Waals surface area (Å²) >= 11 is 5.89. The molecule has 0 amide bonds. The number of anilines is 1. The molecule has 0 aliphatic rings. The lowest BCUT2D eigenvalue weighted by Gasteiger charge is -2.10. The summed E-state index contributed by atoms with van der Waals surface area (Å²) in [6, 6.07) is 13.7. The van der Waals surface area contributed by atoms with Gasteiger partial charge in [-0.05, 0) is 41.3 Å². The maximum atomic E-state index is 5.89. The maximum Gasteiger partial charge on any atom is 0.120 e. The van der Waals surface area contributed by atoms with Crippen LogP contribution >= 0.6 is 11.6 Å². The summed E-state index contributed by atoms with van der Waals surface area (Å²) in [6.07, 6.45) is 0. The van der Waals surface area contributed by atoms with Gasteiger partial charge in [-0.15, -0.1) is 0 Å². The van der Waals surface area contributed by atoms with E-state index in [1.54, 1.807) is 6.07 Å².